The van der Waals surface area contributed by atoms with Crippen molar-refractivity contribution in [2.75, 3.05) is 32.5 Å². The van der Waals surface area contributed by atoms with Crippen LogP contribution < -0.4 is 87.6 Å². The summed E-state index contributed by atoms with van der Waals surface area (Å²) in [4.78, 5) is 267. The minimum Gasteiger partial charge on any atom is -0.467 e. The van der Waals surface area contributed by atoms with Crippen molar-refractivity contribution in [1.29, 1.82) is 0 Å². The van der Waals surface area contributed by atoms with Gasteiger partial charge in [0.15, 0.2) is 0 Å². The fourth-order valence-electron chi connectivity index (χ4n) is 11.2. The molecule has 98 heavy (non-hydrogen) atoms. The number of esters is 1. The molecule has 0 saturated carbocycles. The van der Waals surface area contributed by atoms with E-state index in [1.165, 1.54) is 27.7 Å². The Morgan fingerprint density at radius 2 is 0.612 bits per heavy atom. The van der Waals surface area contributed by atoms with E-state index in [9.17, 15) is 95.9 Å². The maximum atomic E-state index is 14.5. The zero-order chi connectivity index (χ0) is 74.6. The molecule has 22 N–H and O–H groups in total. The van der Waals surface area contributed by atoms with Crippen LogP contribution in [-0.2, 0) is 101 Å². The SMILES string of the molecule is COC(=O)[C@H](C)NC(=O)[C@H](CC(N)=O)NC(=O)[C@]1(C)CCCN1C(=O)[C@H](CC(N)=O)NC(=O)[C@H](C)NC(=O)[C@H](CC(N)=O)NC(=O)[C@]1(C)CCCN1C(=O)[C@H](CC(N)=O)NC(=O)[C@H](C)NC(=O)[C@H](CC(N)=O)NC(=O)[C@]1(C)CCCN1C(=O)[C@H](CC(N)=O)NC(=O)[C@H](CS)NC(C)=O. The second kappa shape index (κ2) is 35.7. The molecule has 0 radical (unpaired) electrons. The van der Waals surface area contributed by atoms with Gasteiger partial charge in [-0.05, 0) is 80.1 Å². The Morgan fingerprint density at radius 1 is 0.367 bits per heavy atom. The molecule has 3 fully saturated rings. The van der Waals surface area contributed by atoms with Crippen LogP contribution in [0.3, 0.4) is 0 Å². The molecule has 544 valence electrons. The highest BCUT2D eigenvalue weighted by molar-refractivity contribution is 7.80. The van der Waals surface area contributed by atoms with Crippen molar-refractivity contribution in [2.24, 2.45) is 34.4 Å². The highest BCUT2D eigenvalue weighted by Crippen LogP contribution is 2.33. The number of primary amides is 6. The van der Waals surface area contributed by atoms with Crippen LogP contribution in [0.1, 0.15) is 126 Å². The van der Waals surface area contributed by atoms with Crippen LogP contribution in [0.15, 0.2) is 0 Å². The number of amides is 19. The lowest BCUT2D eigenvalue weighted by Crippen LogP contribution is -2.64. The number of rotatable bonds is 36. The topological polar surface area (TPSA) is 637 Å². The summed E-state index contributed by atoms with van der Waals surface area (Å²) in [6, 6.07) is -16.6. The van der Waals surface area contributed by atoms with Crippen LogP contribution >= 0.6 is 12.6 Å². The second-order valence-electron chi connectivity index (χ2n) is 24.5. The van der Waals surface area contributed by atoms with Gasteiger partial charge in [-0.2, -0.15) is 12.6 Å². The molecule has 0 spiro atoms. The van der Waals surface area contributed by atoms with Crippen LogP contribution in [-0.4, -0.2) is 242 Å². The van der Waals surface area contributed by atoms with Gasteiger partial charge in [0.2, 0.25) is 112 Å². The third-order valence-electron chi connectivity index (χ3n) is 16.6. The molecular weight excluding hydrogens is 1320 g/mol. The number of carbonyl (C=O) groups is 20. The minimum absolute atomic E-state index is 0.0510. The Labute approximate surface area is 566 Å². The average Bonchev–Trinajstić information content (AvgIpc) is 1.59. The summed E-state index contributed by atoms with van der Waals surface area (Å²) in [5.74, 6) is -21.2. The predicted molar refractivity (Wildman–Crippen MR) is 339 cm³/mol. The molecular formula is C57H89N19O21S. The van der Waals surface area contributed by atoms with Crippen molar-refractivity contribution in [2.45, 2.75) is 203 Å². The fraction of sp³-hybridized carbons (Fsp3) is 0.649. The van der Waals surface area contributed by atoms with Crippen LogP contribution in [0, 0.1) is 0 Å². The first-order chi connectivity index (χ1) is 45.5. The van der Waals surface area contributed by atoms with E-state index in [0.29, 0.717) is 0 Å². The zero-order valence-electron chi connectivity index (χ0n) is 55.4. The predicted octanol–water partition coefficient (Wildman–Crippen LogP) is -10.6. The second-order valence-corrected chi connectivity index (χ2v) is 24.9. The first kappa shape index (κ1) is 82.0. The standard InChI is InChI=1S/C57H89N19O21S/c1-25(43(85)69-33(22-40(62)82)49(91)75-16-10-13-56(75,6)54(96)73-31(20-38(60)80)46(88)66-27(3)51(93)97-8)64-44(86)29(18-36(58)78)71-52(94)55(5)12-9-15-74(55)48(90)32(21-39(61)81)68-42(84)26(2)65-45(87)30(19-37(59)79)72-53(95)57(7)14-11-17-76(57)50(92)34(23-41(63)83)70-47(89)35(24-98)67-28(4)77/h25-27,29-35,98H,9-24H2,1-8H3,(H2,58,78)(H2,59,79)(H2,60,80)(H2,61,81)(H2,62,82)(H2,63,83)(H,64,86)(H,65,87)(H,66,88)(H,67,77)(H,68,84)(H,69,85)(H,70,89)(H,71,94)(H,72,95)(H,73,96)/t25-,26-,27-,29-,30-,31-,32-,33-,34-,35-,55-,56-,57-/m0/s1. The van der Waals surface area contributed by atoms with Crippen molar-refractivity contribution >= 4 is 131 Å². The lowest BCUT2D eigenvalue weighted by atomic mass is 9.95. The van der Waals surface area contributed by atoms with E-state index < -0.39 is 234 Å². The van der Waals surface area contributed by atoms with Crippen molar-refractivity contribution < 1.29 is 101 Å². The molecule has 13 atom stereocenters. The van der Waals surface area contributed by atoms with E-state index in [0.717, 1.165) is 42.6 Å². The van der Waals surface area contributed by atoms with Gasteiger partial charge in [-0.15, -0.1) is 0 Å². The molecule has 3 rings (SSSR count). The summed E-state index contributed by atoms with van der Waals surface area (Å²) in [5.41, 5.74) is 27.0. The van der Waals surface area contributed by atoms with E-state index in [2.05, 4.69) is 70.5 Å². The summed E-state index contributed by atoms with van der Waals surface area (Å²) < 4.78 is 4.59. The Morgan fingerprint density at radius 3 is 0.857 bits per heavy atom. The molecule has 40 nitrogen and oxygen atoms in total. The number of methoxy groups -OCH3 is 1. The maximum Gasteiger partial charge on any atom is 0.328 e. The van der Waals surface area contributed by atoms with Crippen molar-refractivity contribution in [3.63, 3.8) is 0 Å². The number of likely N-dealkylation sites (tertiary alicyclic amines) is 3. The van der Waals surface area contributed by atoms with Crippen molar-refractivity contribution in [3.8, 4) is 0 Å². The Balaban J connectivity index is 1.80. The molecule has 3 aliphatic rings. The number of nitrogens with one attached hydrogen (secondary N) is 10. The van der Waals surface area contributed by atoms with E-state index in [4.69, 9.17) is 34.4 Å². The van der Waals surface area contributed by atoms with Gasteiger partial charge in [0.25, 0.3) is 0 Å². The molecule has 3 aliphatic heterocycles. The van der Waals surface area contributed by atoms with Gasteiger partial charge in [-0.25, -0.2) is 4.79 Å². The average molecular weight is 1410 g/mol. The van der Waals surface area contributed by atoms with Gasteiger partial charge in [-0.3, -0.25) is 91.1 Å². The van der Waals surface area contributed by atoms with Gasteiger partial charge in [0.1, 0.15) is 77.0 Å². The highest BCUT2D eigenvalue weighted by atomic mass is 32.1. The number of nitrogens with two attached hydrogens (primary N) is 6. The molecule has 0 aliphatic carbocycles. The number of carbonyl (C=O) groups excluding carboxylic acids is 20. The molecule has 0 bridgehead atoms. The third-order valence-corrected chi connectivity index (χ3v) is 17.0. The fourth-order valence-corrected chi connectivity index (χ4v) is 11.5. The first-order valence-corrected chi connectivity index (χ1v) is 31.5. The number of nitrogens with zero attached hydrogens (tertiary/aromatic N) is 3. The maximum absolute atomic E-state index is 14.5. The lowest BCUT2D eigenvalue weighted by Gasteiger charge is -2.37. The van der Waals surface area contributed by atoms with Gasteiger partial charge in [-0.1, -0.05) is 0 Å². The molecule has 3 saturated heterocycles. The van der Waals surface area contributed by atoms with Crippen molar-refractivity contribution in [1.82, 2.24) is 67.9 Å². The largest absolute Gasteiger partial charge is 0.467 e. The lowest BCUT2D eigenvalue weighted by molar-refractivity contribution is -0.149. The normalized spacial score (nSPS) is 20.9. The summed E-state index contributed by atoms with van der Waals surface area (Å²) >= 11 is 4.05. The molecule has 19 amide bonds. The smallest absolute Gasteiger partial charge is 0.328 e. The summed E-state index contributed by atoms with van der Waals surface area (Å²) in [5, 5.41) is 23.2. The monoisotopic (exact) mass is 1410 g/mol. The molecule has 0 aromatic heterocycles. The number of hydrogen-bond acceptors (Lipinski definition) is 22. The van der Waals surface area contributed by atoms with Crippen LogP contribution in [0.4, 0.5) is 0 Å². The molecule has 0 unspecified atom stereocenters. The molecule has 3 heterocycles. The minimum atomic E-state index is -1.95. The quantitative estimate of drug-likeness (QED) is 0.0205. The van der Waals surface area contributed by atoms with Gasteiger partial charge < -0.3 is 107 Å². The number of thiol groups is 1. The Kier molecular flexibility index (Phi) is 29.8. The van der Waals surface area contributed by atoms with Gasteiger partial charge in [0, 0.05) is 32.3 Å². The van der Waals surface area contributed by atoms with Gasteiger partial charge >= 0.3 is 5.97 Å². The molecule has 0 aromatic rings. The summed E-state index contributed by atoms with van der Waals surface area (Å²) in [6.45, 7) is 7.93. The third kappa shape index (κ3) is 22.2. The zero-order valence-corrected chi connectivity index (χ0v) is 56.3. The Bertz CT molecular complexity index is 3190. The van der Waals surface area contributed by atoms with Crippen molar-refractivity contribution in [3.05, 3.63) is 0 Å². The molecule has 41 heteroatoms. The highest BCUT2D eigenvalue weighted by Gasteiger charge is 2.52. The van der Waals surface area contributed by atoms with Crippen LogP contribution in [0.25, 0.3) is 0 Å². The van der Waals surface area contributed by atoms with Crippen LogP contribution in [0.2, 0.25) is 0 Å². The summed E-state index contributed by atoms with van der Waals surface area (Å²) in [6.07, 6.45) is -4.91. The van der Waals surface area contributed by atoms with E-state index in [1.54, 1.807) is 0 Å². The number of hydrogen-bond donors (Lipinski definition) is 17. The summed E-state index contributed by atoms with van der Waals surface area (Å²) in [7, 11) is 1.06. The van der Waals surface area contributed by atoms with E-state index in [-0.39, 0.29) is 63.9 Å². The Hall–Kier alpha value is -10.2. The van der Waals surface area contributed by atoms with Crippen LogP contribution in [0.5, 0.6) is 0 Å². The number of ether oxygens (including phenoxy) is 1. The first-order valence-electron chi connectivity index (χ1n) is 30.8. The molecule has 0 aromatic carbocycles. The van der Waals surface area contributed by atoms with Gasteiger partial charge in [0.05, 0.1) is 45.6 Å². The van der Waals surface area contributed by atoms with E-state index in [1.807, 2.05) is 0 Å². The van der Waals surface area contributed by atoms with E-state index >= 15 is 0 Å².